The van der Waals surface area contributed by atoms with E-state index in [2.05, 4.69) is 17.1 Å². The first kappa shape index (κ1) is 15.9. The van der Waals surface area contributed by atoms with Crippen molar-refractivity contribution in [3.05, 3.63) is 60.3 Å². The summed E-state index contributed by atoms with van der Waals surface area (Å²) in [7, 11) is 0. The van der Waals surface area contributed by atoms with Crippen LogP contribution in [0, 0.1) is 0 Å². The molecule has 0 aliphatic rings. The molecule has 0 saturated carbocycles. The van der Waals surface area contributed by atoms with Crippen molar-refractivity contribution in [1.82, 2.24) is 10.2 Å². The van der Waals surface area contributed by atoms with E-state index in [4.69, 9.17) is 15.2 Å². The molecule has 1 aromatic heterocycles. The second-order valence-electron chi connectivity index (χ2n) is 5.51. The van der Waals surface area contributed by atoms with Crippen molar-refractivity contribution in [3.63, 3.8) is 0 Å². The van der Waals surface area contributed by atoms with Crippen molar-refractivity contribution in [3.8, 4) is 22.8 Å². The number of benzene rings is 2. The summed E-state index contributed by atoms with van der Waals surface area (Å²) < 4.78 is 11.4. The van der Waals surface area contributed by atoms with Gasteiger partial charge in [-0.15, -0.1) is 0 Å². The maximum absolute atomic E-state index is 5.72. The van der Waals surface area contributed by atoms with Crippen molar-refractivity contribution in [1.29, 1.82) is 0 Å². The molecule has 3 aromatic rings. The molecule has 3 rings (SSSR count). The topological polar surface area (TPSA) is 73.2 Å². The molecule has 0 saturated heterocycles. The maximum Gasteiger partial charge on any atom is 0.130 e. The molecule has 0 spiro atoms. The van der Waals surface area contributed by atoms with E-state index in [1.807, 2.05) is 54.6 Å². The van der Waals surface area contributed by atoms with Crippen molar-refractivity contribution in [2.24, 2.45) is 0 Å². The van der Waals surface area contributed by atoms with E-state index >= 15 is 0 Å². The lowest BCUT2D eigenvalue weighted by Gasteiger charge is -2.05. The number of hydrogen-bond donors (Lipinski definition) is 2. The molecule has 124 valence electrons. The molecule has 0 atom stereocenters. The average Bonchev–Trinajstić information content (AvgIpc) is 3.09. The lowest BCUT2D eigenvalue weighted by Crippen LogP contribution is -1.95. The van der Waals surface area contributed by atoms with Crippen molar-refractivity contribution in [2.75, 3.05) is 12.3 Å². The summed E-state index contributed by atoms with van der Waals surface area (Å²) in [5.41, 5.74) is 9.17. The Balaban J connectivity index is 1.65. The summed E-state index contributed by atoms with van der Waals surface area (Å²) >= 11 is 0. The Morgan fingerprint density at radius 1 is 1.00 bits per heavy atom. The fraction of sp³-hybridized carbons (Fsp3) is 0.211. The van der Waals surface area contributed by atoms with Crippen molar-refractivity contribution < 1.29 is 9.47 Å². The number of hydrogen-bond acceptors (Lipinski definition) is 4. The van der Waals surface area contributed by atoms with Crippen LogP contribution in [0.15, 0.2) is 54.6 Å². The van der Waals surface area contributed by atoms with Crippen LogP contribution < -0.4 is 15.2 Å². The number of H-pyrrole nitrogens is 1. The highest BCUT2D eigenvalue weighted by Gasteiger charge is 2.06. The van der Waals surface area contributed by atoms with Crippen LogP contribution in [0.3, 0.4) is 0 Å². The molecule has 1 heterocycles. The minimum Gasteiger partial charge on any atom is -0.494 e. The maximum atomic E-state index is 5.72. The molecule has 0 aliphatic carbocycles. The third kappa shape index (κ3) is 4.07. The highest BCUT2D eigenvalue weighted by Crippen LogP contribution is 2.23. The van der Waals surface area contributed by atoms with Crippen LogP contribution in [0.25, 0.3) is 11.3 Å². The fourth-order valence-corrected chi connectivity index (χ4v) is 2.27. The van der Waals surface area contributed by atoms with Crippen LogP contribution in [0.2, 0.25) is 0 Å². The number of anilines is 1. The zero-order valence-corrected chi connectivity index (χ0v) is 13.7. The largest absolute Gasteiger partial charge is 0.494 e. The number of aromatic amines is 1. The predicted octanol–water partition coefficient (Wildman–Crippen LogP) is 4.03. The number of nitrogens with one attached hydrogen (secondary N) is 1. The summed E-state index contributed by atoms with van der Waals surface area (Å²) in [6.07, 6.45) is 0.985. The Morgan fingerprint density at radius 2 is 1.83 bits per heavy atom. The van der Waals surface area contributed by atoms with Gasteiger partial charge >= 0.3 is 0 Å². The van der Waals surface area contributed by atoms with Crippen LogP contribution in [-0.4, -0.2) is 16.8 Å². The Kier molecular flexibility index (Phi) is 5.01. The Labute approximate surface area is 141 Å². The van der Waals surface area contributed by atoms with Crippen LogP contribution in [0.5, 0.6) is 11.5 Å². The standard InChI is InChI=1S/C19H21N3O2/c1-2-10-23-18-5-3-4-14(11-18)19-12-16(21-22-19)13-24-17-8-6-15(20)7-9-17/h3-9,11-12H,2,10,13,20H2,1H3,(H,21,22). The summed E-state index contributed by atoms with van der Waals surface area (Å²) in [5, 5.41) is 7.36. The van der Waals surface area contributed by atoms with E-state index in [-0.39, 0.29) is 0 Å². The minimum absolute atomic E-state index is 0.420. The van der Waals surface area contributed by atoms with Crippen molar-refractivity contribution >= 4 is 5.69 Å². The van der Waals surface area contributed by atoms with Gasteiger partial charge in [-0.1, -0.05) is 19.1 Å². The zero-order valence-electron chi connectivity index (χ0n) is 13.7. The van der Waals surface area contributed by atoms with Gasteiger partial charge in [0.05, 0.1) is 18.0 Å². The van der Waals surface area contributed by atoms with E-state index in [1.54, 1.807) is 0 Å². The number of aromatic nitrogens is 2. The Hall–Kier alpha value is -2.95. The van der Waals surface area contributed by atoms with Gasteiger partial charge in [0.2, 0.25) is 0 Å². The van der Waals surface area contributed by atoms with Gasteiger partial charge in [0.15, 0.2) is 0 Å². The monoisotopic (exact) mass is 323 g/mol. The van der Waals surface area contributed by atoms with E-state index in [1.165, 1.54) is 0 Å². The molecular weight excluding hydrogens is 302 g/mol. The Bertz CT molecular complexity index is 781. The quantitative estimate of drug-likeness (QED) is 0.644. The SMILES string of the molecule is CCCOc1cccc(-c2cc(COc3ccc(N)cc3)[nH]n2)c1. The van der Waals surface area contributed by atoms with E-state index in [0.717, 1.165) is 40.6 Å². The summed E-state index contributed by atoms with van der Waals surface area (Å²) in [5.74, 6) is 1.63. The van der Waals surface area contributed by atoms with Gasteiger partial charge in [-0.2, -0.15) is 5.10 Å². The lowest BCUT2D eigenvalue weighted by atomic mass is 10.1. The van der Waals surface area contributed by atoms with Crippen molar-refractivity contribution in [2.45, 2.75) is 20.0 Å². The summed E-state index contributed by atoms with van der Waals surface area (Å²) in [4.78, 5) is 0. The van der Waals surface area contributed by atoms with Gasteiger partial charge in [0, 0.05) is 11.3 Å². The normalized spacial score (nSPS) is 10.5. The van der Waals surface area contributed by atoms with E-state index < -0.39 is 0 Å². The highest BCUT2D eigenvalue weighted by molar-refractivity contribution is 5.61. The third-order valence-electron chi connectivity index (χ3n) is 3.51. The molecule has 24 heavy (non-hydrogen) atoms. The molecule has 5 nitrogen and oxygen atoms in total. The summed E-state index contributed by atoms with van der Waals surface area (Å²) in [6.45, 7) is 3.22. The number of nitrogen functional groups attached to an aromatic ring is 1. The van der Waals surface area contributed by atoms with Gasteiger partial charge in [-0.05, 0) is 48.9 Å². The number of nitrogens with two attached hydrogens (primary N) is 1. The fourth-order valence-electron chi connectivity index (χ4n) is 2.27. The van der Waals surface area contributed by atoms with Crippen LogP contribution in [0.1, 0.15) is 19.0 Å². The van der Waals surface area contributed by atoms with E-state index in [9.17, 15) is 0 Å². The smallest absolute Gasteiger partial charge is 0.130 e. The van der Waals surface area contributed by atoms with Crippen LogP contribution in [0.4, 0.5) is 5.69 Å². The van der Waals surface area contributed by atoms with Crippen LogP contribution >= 0.6 is 0 Å². The van der Waals surface area contributed by atoms with Gasteiger partial charge in [-0.25, -0.2) is 0 Å². The second kappa shape index (κ2) is 7.55. The third-order valence-corrected chi connectivity index (χ3v) is 3.51. The molecule has 2 aromatic carbocycles. The van der Waals surface area contributed by atoms with Gasteiger partial charge in [0.1, 0.15) is 18.1 Å². The first-order chi connectivity index (χ1) is 11.7. The first-order valence-corrected chi connectivity index (χ1v) is 8.00. The molecule has 0 bridgehead atoms. The zero-order chi connectivity index (χ0) is 16.8. The second-order valence-corrected chi connectivity index (χ2v) is 5.51. The number of nitrogens with zero attached hydrogens (tertiary/aromatic N) is 1. The highest BCUT2D eigenvalue weighted by atomic mass is 16.5. The molecule has 5 heteroatoms. The molecule has 0 fully saturated rings. The molecule has 0 amide bonds. The minimum atomic E-state index is 0.420. The van der Waals surface area contributed by atoms with Gasteiger partial charge < -0.3 is 15.2 Å². The van der Waals surface area contributed by atoms with Gasteiger partial charge in [0.25, 0.3) is 0 Å². The molecule has 0 unspecified atom stereocenters. The number of rotatable bonds is 7. The first-order valence-electron chi connectivity index (χ1n) is 8.00. The van der Waals surface area contributed by atoms with Gasteiger partial charge in [-0.3, -0.25) is 5.10 Å². The average molecular weight is 323 g/mol. The Morgan fingerprint density at radius 3 is 2.62 bits per heavy atom. The van der Waals surface area contributed by atoms with Crippen LogP contribution in [-0.2, 0) is 6.61 Å². The molecule has 0 aliphatic heterocycles. The molecule has 0 radical (unpaired) electrons. The molecule has 3 N–H and O–H groups in total. The molecular formula is C19H21N3O2. The number of ether oxygens (including phenoxy) is 2. The predicted molar refractivity (Wildman–Crippen MR) is 95.0 cm³/mol. The summed E-state index contributed by atoms with van der Waals surface area (Å²) in [6, 6.07) is 17.2. The lowest BCUT2D eigenvalue weighted by molar-refractivity contribution is 0.301. The van der Waals surface area contributed by atoms with E-state index in [0.29, 0.717) is 13.2 Å².